The van der Waals surface area contributed by atoms with E-state index < -0.39 is 64.7 Å². The summed E-state index contributed by atoms with van der Waals surface area (Å²) in [6.45, 7) is 28.8. The molecule has 0 fully saturated rings. The Hall–Kier alpha value is -3.27. The molecular weight excluding hydrogens is 734 g/mol. The molecule has 14 nitrogen and oxygen atoms in total. The van der Waals surface area contributed by atoms with Crippen LogP contribution in [0.15, 0.2) is 24.3 Å². The maximum absolute atomic E-state index is 13.6. The summed E-state index contributed by atoms with van der Waals surface area (Å²) < 4.78 is 35.7. The van der Waals surface area contributed by atoms with Crippen molar-refractivity contribution in [3.63, 3.8) is 0 Å². The van der Waals surface area contributed by atoms with Crippen molar-refractivity contribution >= 4 is 30.8 Å². The molecule has 0 aliphatic carbocycles. The molecule has 0 bridgehead atoms. The molecule has 1 aromatic rings. The van der Waals surface area contributed by atoms with Crippen LogP contribution in [0.1, 0.15) is 116 Å². The molecule has 0 saturated carbocycles. The van der Waals surface area contributed by atoms with E-state index in [1.165, 1.54) is 0 Å². The molecule has 326 valence electrons. The fraction of sp³-hybridized carbons (Fsp3) is 0.744. The third-order valence-corrected chi connectivity index (χ3v) is 7.60. The largest absolute Gasteiger partial charge is 0.494 e. The molecule has 0 heterocycles. The normalized spacial score (nSPS) is 15.2. The summed E-state index contributed by atoms with van der Waals surface area (Å²) in [7, 11) is 0. The van der Waals surface area contributed by atoms with E-state index in [-0.39, 0.29) is 39.1 Å². The number of carbonyl (C=O) groups excluding carboxylic acids is 5. The van der Waals surface area contributed by atoms with Gasteiger partial charge in [0.2, 0.25) is 0 Å². The first-order valence-corrected chi connectivity index (χ1v) is 19.8. The molecule has 14 heteroatoms. The third kappa shape index (κ3) is 22.5. The second kappa shape index (κ2) is 22.2. The Labute approximate surface area is 342 Å². The van der Waals surface area contributed by atoms with Crippen LogP contribution in [0.3, 0.4) is 0 Å². The fourth-order valence-corrected chi connectivity index (χ4v) is 5.72. The highest BCUT2D eigenvalue weighted by molar-refractivity contribution is 5.73. The molecule has 0 spiro atoms. The summed E-state index contributed by atoms with van der Waals surface area (Å²) in [5.74, 6) is -0.468. The molecule has 4 unspecified atom stereocenters. The van der Waals surface area contributed by atoms with Gasteiger partial charge in [0.05, 0.1) is 36.5 Å². The molecule has 0 aliphatic heterocycles. The highest BCUT2D eigenvalue weighted by atomic mass is 16.6. The molecule has 0 saturated heterocycles. The van der Waals surface area contributed by atoms with Crippen LogP contribution in [0.5, 0.6) is 5.75 Å². The van der Waals surface area contributed by atoms with E-state index in [1.807, 2.05) is 72.7 Å². The number of aldehydes is 3. The molecular formula is C43H73N3O11. The smallest absolute Gasteiger partial charge is 0.320 e. The SMILES string of the molecule is CCOc1ccc(CC(CN(CCN(CC(=O)OC(C)(C)C)C(C=O)OC(C)(C)C)C(C=O)OC(C)(C)C)N(CC(=O)OC(C)(C)C)C(C=O)OC(C)(C)C)cc1. The zero-order valence-corrected chi connectivity index (χ0v) is 37.6. The number of hydrogen-bond acceptors (Lipinski definition) is 14. The van der Waals surface area contributed by atoms with Crippen molar-refractivity contribution in [2.75, 3.05) is 39.3 Å². The first kappa shape index (κ1) is 51.7. The Morgan fingerprint density at radius 3 is 1.39 bits per heavy atom. The van der Waals surface area contributed by atoms with Gasteiger partial charge >= 0.3 is 11.9 Å². The molecule has 0 aliphatic rings. The lowest BCUT2D eigenvalue weighted by molar-refractivity contribution is -0.179. The molecule has 0 aromatic heterocycles. The minimum Gasteiger partial charge on any atom is -0.494 e. The standard InChI is InChI=1S/C43H73N3O11/c1-17-52-33-20-18-31(19-21-33)24-32(46(27-38(51)57-43(14,15)16)36(30-49)55-41(8,9)10)25-44(34(28-47)53-39(2,3)4)22-23-45(26-37(50)56-42(11,12)13)35(29-48)54-40(5,6)7/h18-21,28-30,32,34-36H,17,22-27H2,1-16H3. The summed E-state index contributed by atoms with van der Waals surface area (Å²) in [5, 5.41) is 0. The van der Waals surface area contributed by atoms with E-state index in [2.05, 4.69) is 0 Å². The van der Waals surface area contributed by atoms with Crippen LogP contribution in [0.25, 0.3) is 0 Å². The van der Waals surface area contributed by atoms with Gasteiger partial charge in [0.25, 0.3) is 0 Å². The van der Waals surface area contributed by atoms with Crippen molar-refractivity contribution in [1.82, 2.24) is 14.7 Å². The van der Waals surface area contributed by atoms with E-state index in [0.717, 1.165) is 5.56 Å². The molecule has 0 amide bonds. The quantitative estimate of drug-likeness (QED) is 0.0766. The Balaban J connectivity index is 3.98. The van der Waals surface area contributed by atoms with Gasteiger partial charge in [-0.2, -0.15) is 0 Å². The number of esters is 2. The van der Waals surface area contributed by atoms with Crippen molar-refractivity contribution < 1.29 is 52.4 Å². The van der Waals surface area contributed by atoms with E-state index in [1.54, 1.807) is 77.0 Å². The maximum atomic E-state index is 13.6. The molecule has 1 aromatic carbocycles. The van der Waals surface area contributed by atoms with Crippen molar-refractivity contribution in [2.24, 2.45) is 0 Å². The predicted molar refractivity (Wildman–Crippen MR) is 219 cm³/mol. The zero-order chi connectivity index (χ0) is 44.0. The van der Waals surface area contributed by atoms with Gasteiger partial charge in [-0.25, -0.2) is 0 Å². The summed E-state index contributed by atoms with van der Waals surface area (Å²) in [4.78, 5) is 70.2. The average Bonchev–Trinajstić information content (AvgIpc) is 3.03. The summed E-state index contributed by atoms with van der Waals surface area (Å²) in [6, 6.07) is 6.81. The van der Waals surface area contributed by atoms with Gasteiger partial charge in [0, 0.05) is 25.7 Å². The van der Waals surface area contributed by atoms with Crippen LogP contribution in [0.4, 0.5) is 0 Å². The lowest BCUT2D eigenvalue weighted by Crippen LogP contribution is -2.58. The van der Waals surface area contributed by atoms with Crippen LogP contribution in [0, 0.1) is 0 Å². The minimum absolute atomic E-state index is 0.0496. The topological polar surface area (TPSA) is 150 Å². The Kier molecular flexibility index (Phi) is 20.2. The number of rotatable bonds is 23. The van der Waals surface area contributed by atoms with Crippen molar-refractivity contribution in [3.05, 3.63) is 29.8 Å². The van der Waals surface area contributed by atoms with Crippen LogP contribution in [-0.2, 0) is 54.1 Å². The third-order valence-electron chi connectivity index (χ3n) is 7.60. The Bertz CT molecular complexity index is 1400. The molecule has 1 rings (SSSR count). The lowest BCUT2D eigenvalue weighted by Gasteiger charge is -2.42. The molecule has 57 heavy (non-hydrogen) atoms. The van der Waals surface area contributed by atoms with E-state index in [9.17, 15) is 24.0 Å². The van der Waals surface area contributed by atoms with Crippen molar-refractivity contribution in [1.29, 1.82) is 0 Å². The number of ether oxygens (including phenoxy) is 6. The monoisotopic (exact) mass is 808 g/mol. The van der Waals surface area contributed by atoms with Gasteiger partial charge < -0.3 is 28.4 Å². The van der Waals surface area contributed by atoms with Crippen LogP contribution in [0.2, 0.25) is 0 Å². The van der Waals surface area contributed by atoms with Crippen molar-refractivity contribution in [2.45, 2.75) is 170 Å². The van der Waals surface area contributed by atoms with Gasteiger partial charge in [-0.3, -0.25) is 38.7 Å². The predicted octanol–water partition coefficient (Wildman–Crippen LogP) is 5.61. The minimum atomic E-state index is -1.20. The Morgan fingerprint density at radius 2 is 0.982 bits per heavy atom. The van der Waals surface area contributed by atoms with Gasteiger partial charge in [-0.05, 0) is 135 Å². The van der Waals surface area contributed by atoms with Gasteiger partial charge in [-0.1, -0.05) is 12.1 Å². The van der Waals surface area contributed by atoms with Crippen LogP contribution >= 0.6 is 0 Å². The summed E-state index contributed by atoms with van der Waals surface area (Å²) >= 11 is 0. The van der Waals surface area contributed by atoms with Crippen LogP contribution < -0.4 is 4.74 Å². The van der Waals surface area contributed by atoms with Gasteiger partial charge in [0.15, 0.2) is 37.5 Å². The van der Waals surface area contributed by atoms with E-state index >= 15 is 0 Å². The van der Waals surface area contributed by atoms with Gasteiger partial charge in [0.1, 0.15) is 17.0 Å². The van der Waals surface area contributed by atoms with E-state index in [4.69, 9.17) is 28.4 Å². The zero-order valence-electron chi connectivity index (χ0n) is 37.6. The van der Waals surface area contributed by atoms with Crippen molar-refractivity contribution in [3.8, 4) is 5.75 Å². The molecule has 0 radical (unpaired) electrons. The molecule has 4 atom stereocenters. The number of carbonyl (C=O) groups is 5. The first-order chi connectivity index (χ1) is 26.0. The summed E-state index contributed by atoms with van der Waals surface area (Å²) in [5.41, 5.74) is -3.06. The lowest BCUT2D eigenvalue weighted by atomic mass is 10.0. The second-order valence-electron chi connectivity index (χ2n) is 19.0. The number of nitrogens with zero attached hydrogens (tertiary/aromatic N) is 3. The number of hydrogen-bond donors (Lipinski definition) is 0. The van der Waals surface area contributed by atoms with E-state index in [0.29, 0.717) is 31.2 Å². The molecule has 0 N–H and O–H groups in total. The van der Waals surface area contributed by atoms with Crippen LogP contribution in [-0.4, -0.2) is 138 Å². The first-order valence-electron chi connectivity index (χ1n) is 19.8. The average molecular weight is 808 g/mol. The summed E-state index contributed by atoms with van der Waals surface area (Å²) in [6.07, 6.45) is -1.23. The Morgan fingerprint density at radius 1 is 0.579 bits per heavy atom. The number of benzene rings is 1. The second-order valence-corrected chi connectivity index (χ2v) is 19.0. The maximum Gasteiger partial charge on any atom is 0.320 e. The highest BCUT2D eigenvalue weighted by Crippen LogP contribution is 2.24. The van der Waals surface area contributed by atoms with Gasteiger partial charge in [-0.15, -0.1) is 0 Å². The highest BCUT2D eigenvalue weighted by Gasteiger charge is 2.37. The fourth-order valence-electron chi connectivity index (χ4n) is 5.72.